The second-order valence-corrected chi connectivity index (χ2v) is 4.80. The third-order valence-electron chi connectivity index (χ3n) is 2.93. The quantitative estimate of drug-likeness (QED) is 0.182. The summed E-state index contributed by atoms with van der Waals surface area (Å²) in [6.45, 7) is 2.54. The Bertz CT molecular complexity index is 272. The van der Waals surface area contributed by atoms with Crippen molar-refractivity contribution in [3.63, 3.8) is 0 Å². The molecule has 7 nitrogen and oxygen atoms in total. The number of rotatable bonds is 5. The van der Waals surface area contributed by atoms with Gasteiger partial charge in [0.15, 0.2) is 0 Å². The highest BCUT2D eigenvalue weighted by atomic mass is 16.5. The molecule has 18 heavy (non-hydrogen) atoms. The van der Waals surface area contributed by atoms with Gasteiger partial charge in [0.2, 0.25) is 5.96 Å². The molecule has 4 N–H and O–H groups in total. The molecule has 0 amide bonds. The minimum absolute atomic E-state index is 0.229. The van der Waals surface area contributed by atoms with Crippen molar-refractivity contribution in [2.24, 2.45) is 10.8 Å². The Morgan fingerprint density at radius 2 is 2.33 bits per heavy atom. The van der Waals surface area contributed by atoms with Crippen LogP contribution in [0.3, 0.4) is 0 Å². The number of aliphatic imine (C=N–C) groups is 1. The fourth-order valence-corrected chi connectivity index (χ4v) is 2.21. The number of likely N-dealkylation sites (tertiary alicyclic amines) is 1. The number of hydrogen-bond donors (Lipinski definition) is 3. The Kier molecular flexibility index (Phi) is 6.34. The van der Waals surface area contributed by atoms with Crippen LogP contribution in [0, 0.1) is 0 Å². The molecule has 0 radical (unpaired) electrons. The van der Waals surface area contributed by atoms with E-state index in [1.165, 1.54) is 0 Å². The van der Waals surface area contributed by atoms with Gasteiger partial charge in [0.05, 0.1) is 19.3 Å². The van der Waals surface area contributed by atoms with E-state index in [1.807, 2.05) is 19.0 Å². The Morgan fingerprint density at radius 3 is 2.89 bits per heavy atom. The van der Waals surface area contributed by atoms with Gasteiger partial charge in [-0.05, 0) is 20.5 Å². The van der Waals surface area contributed by atoms with E-state index in [-0.39, 0.29) is 12.1 Å². The first-order valence-corrected chi connectivity index (χ1v) is 6.18. The van der Waals surface area contributed by atoms with E-state index in [2.05, 4.69) is 15.3 Å². The second kappa shape index (κ2) is 7.52. The van der Waals surface area contributed by atoms with Crippen molar-refractivity contribution in [3.05, 3.63) is 0 Å². The zero-order chi connectivity index (χ0) is 13.5. The largest absolute Gasteiger partial charge is 0.391 e. The summed E-state index contributed by atoms with van der Waals surface area (Å²) in [6, 6.07) is 0.229. The molecular formula is C11H25N5O2. The topological polar surface area (TPSA) is 86.3 Å². The molecule has 0 aliphatic carbocycles. The van der Waals surface area contributed by atoms with Crippen molar-refractivity contribution >= 4 is 5.96 Å². The van der Waals surface area contributed by atoms with Crippen LogP contribution in [0.5, 0.6) is 0 Å². The maximum atomic E-state index is 9.79. The monoisotopic (exact) mass is 259 g/mol. The third kappa shape index (κ3) is 4.41. The number of ether oxygens (including phenoxy) is 1. The number of nitrogens with one attached hydrogen (secondary N) is 1. The smallest absolute Gasteiger partial charge is 0.208 e. The van der Waals surface area contributed by atoms with Gasteiger partial charge in [0.25, 0.3) is 0 Å². The molecule has 2 atom stereocenters. The Morgan fingerprint density at radius 1 is 1.61 bits per heavy atom. The van der Waals surface area contributed by atoms with Crippen LogP contribution in [0.25, 0.3) is 0 Å². The van der Waals surface area contributed by atoms with Crippen LogP contribution in [0.4, 0.5) is 0 Å². The van der Waals surface area contributed by atoms with Crippen LogP contribution < -0.4 is 11.3 Å². The first kappa shape index (κ1) is 15.2. The van der Waals surface area contributed by atoms with Crippen molar-refractivity contribution in [3.8, 4) is 0 Å². The summed E-state index contributed by atoms with van der Waals surface area (Å²) in [7, 11) is 5.67. The Balaban J connectivity index is 2.66. The number of β-amino-alcohol motifs (C(OH)–C–C–N with tert-alkyl or cyclic N) is 1. The minimum Gasteiger partial charge on any atom is -0.391 e. The lowest BCUT2D eigenvalue weighted by Crippen LogP contribution is -2.50. The highest BCUT2D eigenvalue weighted by Crippen LogP contribution is 2.18. The van der Waals surface area contributed by atoms with Gasteiger partial charge >= 0.3 is 0 Å². The Hall–Kier alpha value is -0.890. The van der Waals surface area contributed by atoms with Crippen molar-refractivity contribution < 1.29 is 9.84 Å². The predicted molar refractivity (Wildman–Crippen MR) is 71.2 cm³/mol. The molecule has 0 aromatic rings. The lowest BCUT2D eigenvalue weighted by atomic mass is 10.2. The normalized spacial score (nSPS) is 25.0. The molecule has 1 aliphatic rings. The number of likely N-dealkylation sites (N-methyl/N-ethyl adjacent to an activating group) is 1. The lowest BCUT2D eigenvalue weighted by Gasteiger charge is -2.29. The molecule has 0 spiro atoms. The number of aliphatic hydroxyl groups excluding tert-OH is 1. The standard InChI is InChI=1S/C11H25N5O2/c1-15(2)7-9-6-10(17)8-16(9)11(14-12)13-4-5-18-3/h9-10,17H,4-8,12H2,1-3H3,(H,13,14). The summed E-state index contributed by atoms with van der Waals surface area (Å²) >= 11 is 0. The third-order valence-corrected chi connectivity index (χ3v) is 2.93. The number of nitrogens with zero attached hydrogens (tertiary/aromatic N) is 3. The molecule has 1 fully saturated rings. The van der Waals surface area contributed by atoms with E-state index < -0.39 is 0 Å². The van der Waals surface area contributed by atoms with Crippen LogP contribution in [-0.2, 0) is 4.74 Å². The molecule has 1 rings (SSSR count). The molecular weight excluding hydrogens is 234 g/mol. The molecule has 106 valence electrons. The van der Waals surface area contributed by atoms with Crippen molar-refractivity contribution in [1.82, 2.24) is 15.2 Å². The van der Waals surface area contributed by atoms with Crippen LogP contribution in [0.1, 0.15) is 6.42 Å². The first-order chi connectivity index (χ1) is 8.58. The second-order valence-electron chi connectivity index (χ2n) is 4.80. The minimum atomic E-state index is -0.323. The van der Waals surface area contributed by atoms with Gasteiger partial charge in [-0.25, -0.2) is 10.8 Å². The van der Waals surface area contributed by atoms with Crippen molar-refractivity contribution in [1.29, 1.82) is 0 Å². The zero-order valence-corrected chi connectivity index (χ0v) is 11.5. The molecule has 1 saturated heterocycles. The molecule has 0 saturated carbocycles. The zero-order valence-electron chi connectivity index (χ0n) is 11.5. The summed E-state index contributed by atoms with van der Waals surface area (Å²) in [6.07, 6.45) is 0.416. The molecule has 0 bridgehead atoms. The van der Waals surface area contributed by atoms with Crippen molar-refractivity contribution in [2.45, 2.75) is 18.6 Å². The molecule has 1 heterocycles. The highest BCUT2D eigenvalue weighted by molar-refractivity contribution is 5.80. The van der Waals surface area contributed by atoms with E-state index in [1.54, 1.807) is 7.11 Å². The fourth-order valence-electron chi connectivity index (χ4n) is 2.21. The first-order valence-electron chi connectivity index (χ1n) is 6.18. The number of guanidine groups is 1. The van der Waals surface area contributed by atoms with E-state index in [0.717, 1.165) is 13.0 Å². The van der Waals surface area contributed by atoms with Gasteiger partial charge in [0.1, 0.15) is 0 Å². The van der Waals surface area contributed by atoms with Crippen LogP contribution in [-0.4, -0.2) is 80.5 Å². The summed E-state index contributed by atoms with van der Waals surface area (Å²) in [4.78, 5) is 8.48. The summed E-state index contributed by atoms with van der Waals surface area (Å²) in [5, 5.41) is 9.79. The average Bonchev–Trinajstić information content (AvgIpc) is 2.65. The van der Waals surface area contributed by atoms with E-state index in [4.69, 9.17) is 10.6 Å². The maximum Gasteiger partial charge on any atom is 0.208 e. The van der Waals surface area contributed by atoms with Crippen LogP contribution >= 0.6 is 0 Å². The molecule has 2 unspecified atom stereocenters. The van der Waals surface area contributed by atoms with Gasteiger partial charge in [-0.15, -0.1) is 0 Å². The van der Waals surface area contributed by atoms with Crippen LogP contribution in [0.2, 0.25) is 0 Å². The molecule has 1 aliphatic heterocycles. The summed E-state index contributed by atoms with van der Waals surface area (Å²) in [5.41, 5.74) is 2.62. The maximum absolute atomic E-state index is 9.79. The lowest BCUT2D eigenvalue weighted by molar-refractivity contribution is 0.187. The molecule has 7 heteroatoms. The van der Waals surface area contributed by atoms with Gasteiger partial charge in [0, 0.05) is 26.2 Å². The SMILES string of the molecule is COCCN=C(NN)N1CC(O)CC1CN(C)C. The molecule has 0 aromatic carbocycles. The number of aliphatic hydroxyl groups is 1. The number of hydrazine groups is 1. The van der Waals surface area contributed by atoms with E-state index in [9.17, 15) is 5.11 Å². The van der Waals surface area contributed by atoms with Gasteiger partial charge < -0.3 is 19.6 Å². The van der Waals surface area contributed by atoms with Crippen molar-refractivity contribution in [2.75, 3.05) is 47.4 Å². The fraction of sp³-hybridized carbons (Fsp3) is 0.909. The number of hydrogen-bond acceptors (Lipinski definition) is 5. The van der Waals surface area contributed by atoms with Gasteiger partial charge in [-0.2, -0.15) is 0 Å². The van der Waals surface area contributed by atoms with Crippen LogP contribution in [0.15, 0.2) is 4.99 Å². The molecule has 0 aromatic heterocycles. The summed E-state index contributed by atoms with van der Waals surface area (Å²) in [5.74, 6) is 6.14. The van der Waals surface area contributed by atoms with E-state index >= 15 is 0 Å². The average molecular weight is 259 g/mol. The highest BCUT2D eigenvalue weighted by Gasteiger charge is 2.33. The Labute approximate surface area is 109 Å². The van der Waals surface area contributed by atoms with Gasteiger partial charge in [-0.1, -0.05) is 0 Å². The predicted octanol–water partition coefficient (Wildman–Crippen LogP) is -1.55. The summed E-state index contributed by atoms with van der Waals surface area (Å²) < 4.78 is 4.96. The van der Waals surface area contributed by atoms with Gasteiger partial charge in [-0.3, -0.25) is 5.43 Å². The van der Waals surface area contributed by atoms with E-state index in [0.29, 0.717) is 25.7 Å². The number of nitrogens with two attached hydrogens (primary N) is 1. The number of methoxy groups -OCH3 is 1.